The zero-order chi connectivity index (χ0) is 19.4. The van der Waals surface area contributed by atoms with Gasteiger partial charge in [0, 0.05) is 50.2 Å². The number of nitrogens with one attached hydrogen (secondary N) is 1. The Kier molecular flexibility index (Phi) is 6.31. The Labute approximate surface area is 164 Å². The van der Waals surface area contributed by atoms with Gasteiger partial charge in [0.15, 0.2) is 5.96 Å². The highest BCUT2D eigenvalue weighted by atomic mass is 35.5. The Morgan fingerprint density at radius 3 is 3.00 bits per heavy atom. The maximum atomic E-state index is 14.1. The molecule has 0 amide bonds. The van der Waals surface area contributed by atoms with Crippen LogP contribution in [0.3, 0.4) is 0 Å². The third-order valence-electron chi connectivity index (χ3n) is 4.88. The maximum absolute atomic E-state index is 14.1. The van der Waals surface area contributed by atoms with Gasteiger partial charge in [-0.05, 0) is 38.3 Å². The summed E-state index contributed by atoms with van der Waals surface area (Å²) in [6, 6.07) is 4.75. The zero-order valence-corrected chi connectivity index (χ0v) is 16.8. The quantitative estimate of drug-likeness (QED) is 0.627. The highest BCUT2D eigenvalue weighted by Crippen LogP contribution is 2.22. The summed E-state index contributed by atoms with van der Waals surface area (Å²) in [4.78, 5) is 6.70. The topological polar surface area (TPSA) is 58.3 Å². The Balaban J connectivity index is 1.68. The van der Waals surface area contributed by atoms with Gasteiger partial charge in [-0.2, -0.15) is 0 Å². The lowest BCUT2D eigenvalue weighted by molar-refractivity contribution is 0.366. The fourth-order valence-corrected chi connectivity index (χ4v) is 3.58. The van der Waals surface area contributed by atoms with Gasteiger partial charge in [0.25, 0.3) is 0 Å². The van der Waals surface area contributed by atoms with Crippen LogP contribution in [-0.4, -0.2) is 45.8 Å². The third-order valence-corrected chi connectivity index (χ3v) is 5.24. The first kappa shape index (κ1) is 19.6. The Morgan fingerprint density at radius 2 is 2.26 bits per heavy atom. The van der Waals surface area contributed by atoms with Crippen molar-refractivity contribution in [3.8, 4) is 0 Å². The van der Waals surface area contributed by atoms with Crippen LogP contribution in [0.4, 0.5) is 4.39 Å². The molecule has 6 nitrogen and oxygen atoms in total. The number of hydrogen-bond acceptors (Lipinski definition) is 3. The molecule has 2 aromatic rings. The van der Waals surface area contributed by atoms with Crippen LogP contribution in [-0.2, 0) is 19.5 Å². The number of aliphatic imine (C=N–C) groups is 1. The first-order valence-electron chi connectivity index (χ1n) is 9.30. The second kappa shape index (κ2) is 8.69. The fourth-order valence-electron chi connectivity index (χ4n) is 3.36. The zero-order valence-electron chi connectivity index (χ0n) is 16.0. The van der Waals surface area contributed by atoms with Gasteiger partial charge in [-0.25, -0.2) is 4.39 Å². The molecule has 8 heteroatoms. The van der Waals surface area contributed by atoms with Crippen molar-refractivity contribution in [2.24, 2.45) is 10.9 Å². The molecule has 1 aromatic heterocycles. The van der Waals surface area contributed by atoms with Crippen LogP contribution in [0.5, 0.6) is 0 Å². The lowest BCUT2D eigenvalue weighted by atomic mass is 9.99. The molecule has 0 radical (unpaired) electrons. The second-order valence-corrected chi connectivity index (χ2v) is 7.34. The number of hydrogen-bond donors (Lipinski definition) is 1. The van der Waals surface area contributed by atoms with Crippen LogP contribution in [0.1, 0.15) is 30.6 Å². The van der Waals surface area contributed by atoms with Gasteiger partial charge in [0.2, 0.25) is 0 Å². The van der Waals surface area contributed by atoms with E-state index in [1.54, 1.807) is 12.1 Å². The summed E-state index contributed by atoms with van der Waals surface area (Å²) in [7, 11) is 1.90. The SMILES string of the molecule is CCNC(=NCC1CCc2nnc(C)n2C1)N(C)Cc1c(F)cccc1Cl. The van der Waals surface area contributed by atoms with Crippen LogP contribution in [0.25, 0.3) is 0 Å². The summed E-state index contributed by atoms with van der Waals surface area (Å²) >= 11 is 6.16. The molecule has 0 saturated carbocycles. The molecule has 1 aliphatic rings. The molecule has 0 bridgehead atoms. The minimum atomic E-state index is -0.298. The summed E-state index contributed by atoms with van der Waals surface area (Å²) in [5, 5.41) is 12.1. The number of guanidine groups is 1. The summed E-state index contributed by atoms with van der Waals surface area (Å²) in [5.74, 6) is 2.91. The lowest BCUT2D eigenvalue weighted by Crippen LogP contribution is -2.39. The van der Waals surface area contributed by atoms with Crippen molar-refractivity contribution in [3.05, 3.63) is 46.3 Å². The van der Waals surface area contributed by atoms with E-state index in [-0.39, 0.29) is 5.82 Å². The van der Waals surface area contributed by atoms with Crippen molar-refractivity contribution in [1.82, 2.24) is 25.0 Å². The first-order chi connectivity index (χ1) is 13.0. The van der Waals surface area contributed by atoms with Gasteiger partial charge in [-0.1, -0.05) is 17.7 Å². The van der Waals surface area contributed by atoms with Crippen molar-refractivity contribution in [2.45, 2.75) is 39.8 Å². The van der Waals surface area contributed by atoms with Crippen LogP contribution >= 0.6 is 11.6 Å². The normalized spacial score (nSPS) is 16.9. The molecule has 2 heterocycles. The first-order valence-corrected chi connectivity index (χ1v) is 9.68. The van der Waals surface area contributed by atoms with Crippen molar-refractivity contribution in [2.75, 3.05) is 20.1 Å². The van der Waals surface area contributed by atoms with E-state index in [0.717, 1.165) is 43.5 Å². The van der Waals surface area contributed by atoms with Gasteiger partial charge in [-0.15, -0.1) is 10.2 Å². The minimum absolute atomic E-state index is 0.298. The van der Waals surface area contributed by atoms with E-state index in [0.29, 0.717) is 29.6 Å². The molecule has 3 rings (SSSR count). The molecule has 1 N–H and O–H groups in total. The molecular formula is C19H26ClFN6. The molecule has 146 valence electrons. The molecule has 0 fully saturated rings. The van der Waals surface area contributed by atoms with Gasteiger partial charge >= 0.3 is 0 Å². The lowest BCUT2D eigenvalue weighted by Gasteiger charge is -2.25. The number of halogens is 2. The van der Waals surface area contributed by atoms with Gasteiger partial charge < -0.3 is 14.8 Å². The van der Waals surface area contributed by atoms with Gasteiger partial charge in [-0.3, -0.25) is 4.99 Å². The standard InChI is InChI=1S/C19H26ClFN6/c1-4-22-19(26(3)12-15-16(20)6-5-7-17(15)21)23-10-14-8-9-18-25-24-13(2)27(18)11-14/h5-7,14H,4,8-12H2,1-3H3,(H,22,23). The summed E-state index contributed by atoms with van der Waals surface area (Å²) in [6.07, 6.45) is 1.97. The summed E-state index contributed by atoms with van der Waals surface area (Å²) in [6.45, 7) is 6.70. The third kappa shape index (κ3) is 4.58. The van der Waals surface area contributed by atoms with Crippen LogP contribution in [0.15, 0.2) is 23.2 Å². The van der Waals surface area contributed by atoms with E-state index in [2.05, 4.69) is 20.1 Å². The van der Waals surface area contributed by atoms with E-state index < -0.39 is 0 Å². The van der Waals surface area contributed by atoms with Crippen LogP contribution in [0.2, 0.25) is 5.02 Å². The molecular weight excluding hydrogens is 367 g/mol. The summed E-state index contributed by atoms with van der Waals surface area (Å²) < 4.78 is 16.3. The fraction of sp³-hybridized carbons (Fsp3) is 0.526. The molecule has 1 atom stereocenters. The number of aromatic nitrogens is 3. The van der Waals surface area contributed by atoms with E-state index in [1.165, 1.54) is 6.07 Å². The molecule has 0 aliphatic carbocycles. The molecule has 27 heavy (non-hydrogen) atoms. The number of aryl methyl sites for hydroxylation is 2. The van der Waals surface area contributed by atoms with E-state index >= 15 is 0 Å². The molecule has 0 spiro atoms. The van der Waals surface area contributed by atoms with Crippen molar-refractivity contribution in [1.29, 1.82) is 0 Å². The largest absolute Gasteiger partial charge is 0.357 e. The van der Waals surface area contributed by atoms with Crippen molar-refractivity contribution in [3.63, 3.8) is 0 Å². The molecule has 1 aromatic carbocycles. The van der Waals surface area contributed by atoms with Gasteiger partial charge in [0.1, 0.15) is 17.5 Å². The number of fused-ring (bicyclic) bond motifs is 1. The van der Waals surface area contributed by atoms with E-state index in [1.807, 2.05) is 25.8 Å². The Bertz CT molecular complexity index is 798. The highest BCUT2D eigenvalue weighted by Gasteiger charge is 2.21. The average molecular weight is 393 g/mol. The van der Waals surface area contributed by atoms with Crippen molar-refractivity contribution >= 4 is 17.6 Å². The molecule has 1 unspecified atom stereocenters. The summed E-state index contributed by atoms with van der Waals surface area (Å²) in [5.41, 5.74) is 0.481. The number of benzene rings is 1. The molecule has 1 aliphatic heterocycles. The second-order valence-electron chi connectivity index (χ2n) is 6.93. The monoisotopic (exact) mass is 392 g/mol. The van der Waals surface area contributed by atoms with Crippen molar-refractivity contribution < 1.29 is 4.39 Å². The number of rotatable bonds is 5. The van der Waals surface area contributed by atoms with Crippen LogP contribution < -0.4 is 5.32 Å². The van der Waals surface area contributed by atoms with Gasteiger partial charge in [0.05, 0.1) is 0 Å². The maximum Gasteiger partial charge on any atom is 0.193 e. The van der Waals surface area contributed by atoms with Crippen LogP contribution in [0, 0.1) is 18.7 Å². The number of nitrogens with zero attached hydrogens (tertiary/aromatic N) is 5. The highest BCUT2D eigenvalue weighted by molar-refractivity contribution is 6.31. The molecule has 0 saturated heterocycles. The predicted molar refractivity (Wildman–Crippen MR) is 105 cm³/mol. The smallest absolute Gasteiger partial charge is 0.193 e. The Hall–Kier alpha value is -2.15. The average Bonchev–Trinajstić information content (AvgIpc) is 3.02. The van der Waals surface area contributed by atoms with E-state index in [4.69, 9.17) is 16.6 Å². The minimum Gasteiger partial charge on any atom is -0.357 e. The Morgan fingerprint density at radius 1 is 1.44 bits per heavy atom. The van der Waals surface area contributed by atoms with E-state index in [9.17, 15) is 4.39 Å². The predicted octanol–water partition coefficient (Wildman–Crippen LogP) is 3.04.